The van der Waals surface area contributed by atoms with E-state index in [0.717, 1.165) is 17.6 Å². The van der Waals surface area contributed by atoms with Crippen LogP contribution in [-0.2, 0) is 13.2 Å². The number of aliphatic hydroxyl groups is 1. The molecule has 23 heavy (non-hydrogen) atoms. The fourth-order valence-electron chi connectivity index (χ4n) is 2.54. The van der Waals surface area contributed by atoms with Gasteiger partial charge in [-0.05, 0) is 32.4 Å². The van der Waals surface area contributed by atoms with Crippen molar-refractivity contribution in [2.24, 2.45) is 7.05 Å². The molecule has 0 spiro atoms. The molecule has 2 heterocycles. The number of hydrogen-bond acceptors (Lipinski definition) is 4. The van der Waals surface area contributed by atoms with Crippen LogP contribution in [0.25, 0.3) is 0 Å². The summed E-state index contributed by atoms with van der Waals surface area (Å²) in [6.45, 7) is 1.33. The van der Waals surface area contributed by atoms with Gasteiger partial charge in [-0.3, -0.25) is 9.48 Å². The van der Waals surface area contributed by atoms with Gasteiger partial charge in [0.05, 0.1) is 5.60 Å². The van der Waals surface area contributed by atoms with Gasteiger partial charge in [0.1, 0.15) is 10.7 Å². The quantitative estimate of drug-likeness (QED) is 0.765. The summed E-state index contributed by atoms with van der Waals surface area (Å²) in [6.07, 6.45) is -3.05. The summed E-state index contributed by atoms with van der Waals surface area (Å²) in [6, 6.07) is 0. The third-order valence-electron chi connectivity index (χ3n) is 3.81. The molecule has 6 nitrogen and oxygen atoms in total. The number of aromatic nitrogens is 2. The molecular weight excluding hydrogens is 337 g/mol. The predicted molar refractivity (Wildman–Crippen MR) is 77.2 cm³/mol. The van der Waals surface area contributed by atoms with Gasteiger partial charge in [-0.2, -0.15) is 18.3 Å². The zero-order valence-corrected chi connectivity index (χ0v) is 13.3. The lowest BCUT2D eigenvalue weighted by Gasteiger charge is -2.26. The van der Waals surface area contributed by atoms with E-state index in [9.17, 15) is 23.1 Å². The second-order valence-electron chi connectivity index (χ2n) is 5.64. The van der Waals surface area contributed by atoms with E-state index in [1.165, 1.54) is 7.05 Å². The van der Waals surface area contributed by atoms with Crippen molar-refractivity contribution in [1.29, 1.82) is 0 Å². The summed E-state index contributed by atoms with van der Waals surface area (Å²) in [5.74, 6) is -0.800. The number of halogens is 4. The number of carbonyl (C=O) groups is 1. The number of aryl methyl sites for hydroxylation is 1. The highest BCUT2D eigenvalue weighted by molar-refractivity contribution is 6.34. The summed E-state index contributed by atoms with van der Waals surface area (Å²) in [4.78, 5) is 12.1. The van der Waals surface area contributed by atoms with Crippen molar-refractivity contribution in [2.75, 3.05) is 19.6 Å². The van der Waals surface area contributed by atoms with Gasteiger partial charge in [-0.15, -0.1) is 0 Å². The summed E-state index contributed by atoms with van der Waals surface area (Å²) < 4.78 is 39.0. The van der Waals surface area contributed by atoms with E-state index in [2.05, 4.69) is 15.7 Å². The van der Waals surface area contributed by atoms with E-state index < -0.39 is 28.4 Å². The van der Waals surface area contributed by atoms with Gasteiger partial charge >= 0.3 is 6.18 Å². The molecule has 1 aromatic rings. The van der Waals surface area contributed by atoms with Gasteiger partial charge < -0.3 is 15.7 Å². The molecule has 1 saturated heterocycles. The fourth-order valence-corrected chi connectivity index (χ4v) is 2.90. The average Bonchev–Trinajstić information content (AvgIpc) is 2.62. The minimum Gasteiger partial charge on any atom is -0.388 e. The highest BCUT2D eigenvalue weighted by Gasteiger charge is 2.40. The Bertz CT molecular complexity index is 581. The first-order chi connectivity index (χ1) is 10.6. The molecular formula is C13H18ClF3N4O2. The van der Waals surface area contributed by atoms with E-state index in [0.29, 0.717) is 19.4 Å². The van der Waals surface area contributed by atoms with Crippen LogP contribution in [0, 0.1) is 0 Å². The minimum absolute atomic E-state index is 0.0592. The van der Waals surface area contributed by atoms with Crippen molar-refractivity contribution in [3.8, 4) is 0 Å². The van der Waals surface area contributed by atoms with Gasteiger partial charge in [0.25, 0.3) is 5.91 Å². The lowest BCUT2D eigenvalue weighted by Crippen LogP contribution is -2.43. The molecule has 1 fully saturated rings. The largest absolute Gasteiger partial charge is 0.436 e. The Balaban J connectivity index is 2.11. The van der Waals surface area contributed by atoms with Gasteiger partial charge in [-0.25, -0.2) is 0 Å². The molecule has 3 N–H and O–H groups in total. The maximum absolute atomic E-state index is 12.7. The maximum atomic E-state index is 12.7. The highest BCUT2D eigenvalue weighted by atomic mass is 35.5. The number of nitrogens with one attached hydrogen (secondary N) is 2. The number of alkyl halides is 3. The number of nitrogens with zero attached hydrogens (tertiary/aromatic N) is 2. The molecule has 10 heteroatoms. The zero-order valence-electron chi connectivity index (χ0n) is 12.5. The summed E-state index contributed by atoms with van der Waals surface area (Å²) >= 11 is 5.65. The van der Waals surface area contributed by atoms with Crippen LogP contribution in [-0.4, -0.2) is 46.0 Å². The van der Waals surface area contributed by atoms with Crippen molar-refractivity contribution in [3.63, 3.8) is 0 Å². The van der Waals surface area contributed by atoms with Crippen molar-refractivity contribution in [2.45, 2.75) is 31.0 Å². The molecule has 130 valence electrons. The van der Waals surface area contributed by atoms with Crippen molar-refractivity contribution >= 4 is 17.5 Å². The van der Waals surface area contributed by atoms with Crippen LogP contribution in [0.4, 0.5) is 13.2 Å². The first-order valence-electron chi connectivity index (χ1n) is 7.15. The zero-order chi connectivity index (χ0) is 17.3. The fraction of sp³-hybridized carbons (Fsp3) is 0.692. The maximum Gasteiger partial charge on any atom is 0.436 e. The van der Waals surface area contributed by atoms with Crippen LogP contribution in [0.5, 0.6) is 0 Å². The SMILES string of the molecule is Cn1nc(C(F)(F)F)c(Cl)c1C(=O)NCC1(O)CCCNCC1. The molecule has 1 aliphatic rings. The van der Waals surface area contributed by atoms with Crippen LogP contribution in [0.2, 0.25) is 5.02 Å². The number of carbonyl (C=O) groups excluding carboxylic acids is 1. The van der Waals surface area contributed by atoms with Crippen LogP contribution in [0.1, 0.15) is 35.4 Å². The van der Waals surface area contributed by atoms with Gasteiger partial charge in [-0.1, -0.05) is 11.6 Å². The molecule has 1 aromatic heterocycles. The van der Waals surface area contributed by atoms with Crippen molar-refractivity contribution in [3.05, 3.63) is 16.4 Å². The standard InChI is InChI=1S/C13H18ClF3N4O2/c1-21-9(8(14)10(20-21)13(15,16)17)11(22)19-7-12(23)3-2-5-18-6-4-12/h18,23H,2-7H2,1H3,(H,19,22). The lowest BCUT2D eigenvalue weighted by molar-refractivity contribution is -0.141. The monoisotopic (exact) mass is 354 g/mol. The van der Waals surface area contributed by atoms with E-state index in [-0.39, 0.29) is 12.2 Å². The second kappa shape index (κ2) is 6.66. The first kappa shape index (κ1) is 18.0. The Morgan fingerprint density at radius 2 is 2.17 bits per heavy atom. The summed E-state index contributed by atoms with van der Waals surface area (Å²) in [7, 11) is 1.21. The Kier molecular flexibility index (Phi) is 5.22. The molecule has 0 radical (unpaired) electrons. The summed E-state index contributed by atoms with van der Waals surface area (Å²) in [5.41, 5.74) is -2.77. The summed E-state index contributed by atoms with van der Waals surface area (Å²) in [5, 5.41) is 18.5. The smallest absolute Gasteiger partial charge is 0.388 e. The Morgan fingerprint density at radius 3 is 2.78 bits per heavy atom. The number of hydrogen-bond donors (Lipinski definition) is 3. The topological polar surface area (TPSA) is 79.2 Å². The predicted octanol–water partition coefficient (Wildman–Crippen LogP) is 1.33. The van der Waals surface area contributed by atoms with Crippen molar-refractivity contribution < 1.29 is 23.1 Å². The van der Waals surface area contributed by atoms with Gasteiger partial charge in [0, 0.05) is 13.6 Å². The van der Waals surface area contributed by atoms with E-state index in [1.54, 1.807) is 0 Å². The minimum atomic E-state index is -4.74. The third-order valence-corrected chi connectivity index (χ3v) is 4.17. The number of rotatable bonds is 3. The average molecular weight is 355 g/mol. The third kappa shape index (κ3) is 4.15. The molecule has 1 atom stereocenters. The second-order valence-corrected chi connectivity index (χ2v) is 6.02. The molecule has 0 bridgehead atoms. The van der Waals surface area contributed by atoms with Crippen LogP contribution in [0.3, 0.4) is 0 Å². The number of amides is 1. The lowest BCUT2D eigenvalue weighted by atomic mass is 9.95. The van der Waals surface area contributed by atoms with E-state index in [1.807, 2.05) is 0 Å². The molecule has 0 aliphatic carbocycles. The molecule has 1 aliphatic heterocycles. The first-order valence-corrected chi connectivity index (χ1v) is 7.53. The normalized spacial score (nSPS) is 22.7. The molecule has 2 rings (SSSR count). The van der Waals surface area contributed by atoms with Crippen LogP contribution in [0.15, 0.2) is 0 Å². The van der Waals surface area contributed by atoms with Gasteiger partial charge in [0.15, 0.2) is 5.69 Å². The van der Waals surface area contributed by atoms with Crippen LogP contribution < -0.4 is 10.6 Å². The Hall–Kier alpha value is -1.32. The van der Waals surface area contributed by atoms with E-state index in [4.69, 9.17) is 11.6 Å². The van der Waals surface area contributed by atoms with Crippen molar-refractivity contribution in [1.82, 2.24) is 20.4 Å². The molecule has 1 amide bonds. The Morgan fingerprint density at radius 1 is 1.48 bits per heavy atom. The molecule has 1 unspecified atom stereocenters. The molecule has 0 aromatic carbocycles. The van der Waals surface area contributed by atoms with Crippen LogP contribution >= 0.6 is 11.6 Å². The van der Waals surface area contributed by atoms with E-state index >= 15 is 0 Å². The van der Waals surface area contributed by atoms with Gasteiger partial charge in [0.2, 0.25) is 0 Å². The molecule has 0 saturated carbocycles. The Labute approximate surface area is 136 Å². The highest BCUT2D eigenvalue weighted by Crippen LogP contribution is 2.35.